The molecule has 48 valence electrons. The lowest BCUT2D eigenvalue weighted by molar-refractivity contribution is 0.997. The van der Waals surface area contributed by atoms with Crippen molar-refractivity contribution in [2.45, 2.75) is 6.42 Å². The molecule has 0 aromatic heterocycles. The average Bonchev–Trinajstić information content (AvgIpc) is 1.91. The zero-order valence-corrected chi connectivity index (χ0v) is 5.54. The Morgan fingerprint density at radius 2 is 2.67 bits per heavy atom. The molecule has 0 aromatic carbocycles. The van der Waals surface area contributed by atoms with Crippen LogP contribution in [0.15, 0.2) is 21.6 Å². The molecule has 9 heavy (non-hydrogen) atoms. The van der Waals surface area contributed by atoms with Crippen LogP contribution in [-0.2, 0) is 0 Å². The molecule has 0 bridgehead atoms. The molecule has 0 spiro atoms. The number of allylic oxidation sites excluding steroid dienone is 1. The van der Waals surface area contributed by atoms with Crippen LogP contribution in [0, 0.1) is 0 Å². The number of dihydropyridines is 1. The highest BCUT2D eigenvalue weighted by Gasteiger charge is 1.91. The van der Waals surface area contributed by atoms with Crippen LogP contribution in [0.2, 0.25) is 0 Å². The summed E-state index contributed by atoms with van der Waals surface area (Å²) in [6, 6.07) is 0. The lowest BCUT2D eigenvalue weighted by Crippen LogP contribution is -1.94. The van der Waals surface area contributed by atoms with Crippen molar-refractivity contribution < 1.29 is 0 Å². The fourth-order valence-electron chi connectivity index (χ4n) is 0.764. The summed E-state index contributed by atoms with van der Waals surface area (Å²) in [5, 5.41) is 0. The minimum atomic E-state index is 0.932. The predicted molar refractivity (Wildman–Crippen MR) is 40.5 cm³/mol. The minimum Gasteiger partial charge on any atom is -0.296 e. The SMILES string of the molecule is CN=CC1=CCCN=C1. The Morgan fingerprint density at radius 3 is 3.22 bits per heavy atom. The van der Waals surface area contributed by atoms with E-state index in [1.165, 1.54) is 0 Å². The highest BCUT2D eigenvalue weighted by atomic mass is 14.7. The molecule has 2 nitrogen and oxygen atoms in total. The lowest BCUT2D eigenvalue weighted by Gasteiger charge is -1.98. The Hall–Kier alpha value is -0.920. The average molecular weight is 122 g/mol. The van der Waals surface area contributed by atoms with Gasteiger partial charge in [-0.1, -0.05) is 6.08 Å². The van der Waals surface area contributed by atoms with Gasteiger partial charge in [-0.25, -0.2) is 0 Å². The number of hydrogen-bond acceptors (Lipinski definition) is 2. The highest BCUT2D eigenvalue weighted by Crippen LogP contribution is 1.97. The molecule has 2 heteroatoms. The maximum Gasteiger partial charge on any atom is 0.0424 e. The molecule has 0 aliphatic carbocycles. The van der Waals surface area contributed by atoms with Gasteiger partial charge in [-0.15, -0.1) is 0 Å². The molecule has 0 unspecified atom stereocenters. The van der Waals surface area contributed by atoms with Gasteiger partial charge in [0.1, 0.15) is 0 Å². The van der Waals surface area contributed by atoms with Crippen molar-refractivity contribution in [3.8, 4) is 0 Å². The van der Waals surface area contributed by atoms with Crippen LogP contribution in [0.25, 0.3) is 0 Å². The van der Waals surface area contributed by atoms with Crippen molar-refractivity contribution in [2.75, 3.05) is 13.6 Å². The maximum atomic E-state index is 4.09. The van der Waals surface area contributed by atoms with Crippen LogP contribution < -0.4 is 0 Å². The summed E-state index contributed by atoms with van der Waals surface area (Å²) in [6.07, 6.45) is 6.87. The zero-order valence-electron chi connectivity index (χ0n) is 5.54. The molecule has 0 N–H and O–H groups in total. The molecule has 0 saturated carbocycles. The minimum absolute atomic E-state index is 0.932. The quantitative estimate of drug-likeness (QED) is 0.465. The summed E-state index contributed by atoms with van der Waals surface area (Å²) < 4.78 is 0. The van der Waals surface area contributed by atoms with E-state index in [2.05, 4.69) is 16.1 Å². The Bertz CT molecular complexity index is 162. The molecule has 0 fully saturated rings. The summed E-state index contributed by atoms with van der Waals surface area (Å²) >= 11 is 0. The van der Waals surface area contributed by atoms with Crippen molar-refractivity contribution in [3.63, 3.8) is 0 Å². The van der Waals surface area contributed by atoms with E-state index in [4.69, 9.17) is 0 Å². The highest BCUT2D eigenvalue weighted by molar-refractivity contribution is 6.04. The molecule has 1 rings (SSSR count). The molecular formula is C7H10N2. The monoisotopic (exact) mass is 122 g/mol. The first-order valence-electron chi connectivity index (χ1n) is 3.05. The van der Waals surface area contributed by atoms with Gasteiger partial charge in [0.25, 0.3) is 0 Å². The first-order chi connectivity index (χ1) is 4.43. The Labute approximate surface area is 55.0 Å². The molecular weight excluding hydrogens is 112 g/mol. The third-order valence-electron chi connectivity index (χ3n) is 1.16. The first-order valence-corrected chi connectivity index (χ1v) is 3.05. The van der Waals surface area contributed by atoms with E-state index < -0.39 is 0 Å². The molecule has 0 amide bonds. The zero-order chi connectivity index (χ0) is 6.53. The maximum absolute atomic E-state index is 4.09. The van der Waals surface area contributed by atoms with Crippen molar-refractivity contribution in [1.29, 1.82) is 0 Å². The number of hydrogen-bond donors (Lipinski definition) is 0. The smallest absolute Gasteiger partial charge is 0.0424 e. The molecule has 1 heterocycles. The van der Waals surface area contributed by atoms with Gasteiger partial charge in [-0.3, -0.25) is 9.98 Å². The van der Waals surface area contributed by atoms with E-state index in [0.717, 1.165) is 18.5 Å². The van der Waals surface area contributed by atoms with Crippen molar-refractivity contribution in [2.24, 2.45) is 9.98 Å². The summed E-state index contributed by atoms with van der Waals surface area (Å²) in [7, 11) is 1.77. The molecule has 0 aromatic rings. The van der Waals surface area contributed by atoms with Crippen LogP contribution in [0.4, 0.5) is 0 Å². The molecule has 1 aliphatic heterocycles. The largest absolute Gasteiger partial charge is 0.296 e. The number of aliphatic imine (C=N–C) groups is 2. The third kappa shape index (κ3) is 1.80. The second kappa shape index (κ2) is 3.17. The van der Waals surface area contributed by atoms with Crippen LogP contribution in [0.1, 0.15) is 6.42 Å². The number of nitrogens with zero attached hydrogens (tertiary/aromatic N) is 2. The standard InChI is InChI=1S/C7H10N2/c1-8-5-7-3-2-4-9-6-7/h3,5-6H,2,4H2,1H3. The van der Waals surface area contributed by atoms with Gasteiger partial charge in [-0.05, 0) is 6.42 Å². The number of rotatable bonds is 1. The Balaban J connectivity index is 2.58. The van der Waals surface area contributed by atoms with E-state index in [0.29, 0.717) is 0 Å². The van der Waals surface area contributed by atoms with Gasteiger partial charge in [-0.2, -0.15) is 0 Å². The van der Waals surface area contributed by atoms with Gasteiger partial charge >= 0.3 is 0 Å². The molecule has 0 radical (unpaired) electrons. The van der Waals surface area contributed by atoms with Crippen LogP contribution in [-0.4, -0.2) is 26.0 Å². The van der Waals surface area contributed by atoms with E-state index in [1.54, 1.807) is 7.05 Å². The van der Waals surface area contributed by atoms with Crippen molar-refractivity contribution in [1.82, 2.24) is 0 Å². The topological polar surface area (TPSA) is 24.7 Å². The molecule has 1 aliphatic rings. The van der Waals surface area contributed by atoms with Gasteiger partial charge in [0.15, 0.2) is 0 Å². The van der Waals surface area contributed by atoms with Crippen molar-refractivity contribution in [3.05, 3.63) is 11.6 Å². The van der Waals surface area contributed by atoms with Gasteiger partial charge < -0.3 is 0 Å². The van der Waals surface area contributed by atoms with Crippen molar-refractivity contribution >= 4 is 12.4 Å². The van der Waals surface area contributed by atoms with E-state index >= 15 is 0 Å². The lowest BCUT2D eigenvalue weighted by atomic mass is 10.2. The summed E-state index contributed by atoms with van der Waals surface area (Å²) in [5.41, 5.74) is 1.13. The first kappa shape index (κ1) is 6.20. The summed E-state index contributed by atoms with van der Waals surface area (Å²) in [5.74, 6) is 0. The van der Waals surface area contributed by atoms with Gasteiger partial charge in [0, 0.05) is 31.6 Å². The second-order valence-corrected chi connectivity index (χ2v) is 1.92. The van der Waals surface area contributed by atoms with Gasteiger partial charge in [0.05, 0.1) is 0 Å². The van der Waals surface area contributed by atoms with E-state index in [-0.39, 0.29) is 0 Å². The fraction of sp³-hybridized carbons (Fsp3) is 0.429. The molecule has 0 atom stereocenters. The Morgan fingerprint density at radius 1 is 1.78 bits per heavy atom. The predicted octanol–water partition coefficient (Wildman–Crippen LogP) is 1.09. The normalized spacial score (nSPS) is 18.6. The fourth-order valence-corrected chi connectivity index (χ4v) is 0.764. The van der Waals surface area contributed by atoms with Gasteiger partial charge in [0.2, 0.25) is 0 Å². The Kier molecular flexibility index (Phi) is 2.19. The van der Waals surface area contributed by atoms with Crippen LogP contribution in [0.3, 0.4) is 0 Å². The summed E-state index contributed by atoms with van der Waals surface area (Å²) in [4.78, 5) is 7.97. The van der Waals surface area contributed by atoms with E-state index in [9.17, 15) is 0 Å². The second-order valence-electron chi connectivity index (χ2n) is 1.92. The third-order valence-corrected chi connectivity index (χ3v) is 1.16. The summed E-state index contributed by atoms with van der Waals surface area (Å²) in [6.45, 7) is 0.932. The van der Waals surface area contributed by atoms with E-state index in [1.807, 2.05) is 12.4 Å². The van der Waals surface area contributed by atoms with Crippen LogP contribution >= 0.6 is 0 Å². The van der Waals surface area contributed by atoms with Crippen LogP contribution in [0.5, 0.6) is 0 Å². The molecule has 0 saturated heterocycles.